The fourth-order valence-electron chi connectivity index (χ4n) is 1.30. The third-order valence-corrected chi connectivity index (χ3v) is 2.53. The summed E-state index contributed by atoms with van der Waals surface area (Å²) in [6.45, 7) is 2.96. The molecule has 0 aliphatic rings. The van der Waals surface area contributed by atoms with E-state index in [2.05, 4.69) is 0 Å². The van der Waals surface area contributed by atoms with Crippen LogP contribution in [0.4, 0.5) is 0 Å². The smallest absolute Gasteiger partial charge is 0.235 e. The fourth-order valence-corrected chi connectivity index (χ4v) is 1.30. The number of benzene rings is 1. The van der Waals surface area contributed by atoms with Gasteiger partial charge in [0, 0.05) is 34.8 Å². The maximum Gasteiger partial charge on any atom is 0.235 e. The predicted octanol–water partition coefficient (Wildman–Crippen LogP) is 2.36. The zero-order valence-corrected chi connectivity index (χ0v) is 8.99. The van der Waals surface area contributed by atoms with Gasteiger partial charge in [-0.1, -0.05) is 24.3 Å². The Labute approximate surface area is 92.2 Å². The SMILES string of the molecule is CC(c1ccc(C(C)[N+](=O)[O-])cc1)[N+](=O)[O-]. The second kappa shape index (κ2) is 4.69. The van der Waals surface area contributed by atoms with Gasteiger partial charge in [0.15, 0.2) is 0 Å². The van der Waals surface area contributed by atoms with Gasteiger partial charge in [-0.15, -0.1) is 0 Å². The Morgan fingerprint density at radius 3 is 1.31 bits per heavy atom. The molecule has 0 aliphatic heterocycles. The average molecular weight is 224 g/mol. The average Bonchev–Trinajstić information content (AvgIpc) is 2.27. The predicted molar refractivity (Wildman–Crippen MR) is 57.3 cm³/mol. The van der Waals surface area contributed by atoms with Crippen LogP contribution in [0.15, 0.2) is 24.3 Å². The van der Waals surface area contributed by atoms with Crippen molar-refractivity contribution in [3.8, 4) is 0 Å². The maximum atomic E-state index is 10.5. The molecule has 2 atom stereocenters. The van der Waals surface area contributed by atoms with Crippen LogP contribution in [-0.4, -0.2) is 9.85 Å². The molecule has 0 amide bonds. The van der Waals surface area contributed by atoms with Crippen LogP contribution in [0.3, 0.4) is 0 Å². The van der Waals surface area contributed by atoms with Gasteiger partial charge in [0.1, 0.15) is 0 Å². The van der Waals surface area contributed by atoms with Gasteiger partial charge in [-0.05, 0) is 0 Å². The van der Waals surface area contributed by atoms with Gasteiger partial charge >= 0.3 is 0 Å². The van der Waals surface area contributed by atoms with E-state index in [4.69, 9.17) is 0 Å². The minimum Gasteiger partial charge on any atom is -0.264 e. The summed E-state index contributed by atoms with van der Waals surface area (Å²) < 4.78 is 0. The van der Waals surface area contributed by atoms with Crippen molar-refractivity contribution in [3.63, 3.8) is 0 Å². The standard InChI is InChI=1S/C10H12N2O4/c1-7(11(13)14)9-3-5-10(6-4-9)8(2)12(15)16/h3-8H,1-2H3. The molecule has 0 N–H and O–H groups in total. The summed E-state index contributed by atoms with van der Waals surface area (Å²) >= 11 is 0. The number of hydrogen-bond donors (Lipinski definition) is 0. The highest BCUT2D eigenvalue weighted by Crippen LogP contribution is 2.20. The zero-order chi connectivity index (χ0) is 12.3. The largest absolute Gasteiger partial charge is 0.264 e. The van der Waals surface area contributed by atoms with E-state index >= 15 is 0 Å². The zero-order valence-electron chi connectivity index (χ0n) is 8.99. The van der Waals surface area contributed by atoms with E-state index in [0.717, 1.165) is 0 Å². The molecule has 0 saturated heterocycles. The van der Waals surface area contributed by atoms with Crippen molar-refractivity contribution in [2.75, 3.05) is 0 Å². The van der Waals surface area contributed by atoms with E-state index in [0.29, 0.717) is 11.1 Å². The van der Waals surface area contributed by atoms with Gasteiger partial charge in [-0.2, -0.15) is 0 Å². The van der Waals surface area contributed by atoms with Crippen molar-refractivity contribution in [2.24, 2.45) is 0 Å². The fraction of sp³-hybridized carbons (Fsp3) is 0.400. The Morgan fingerprint density at radius 2 is 1.12 bits per heavy atom. The monoisotopic (exact) mass is 224 g/mol. The molecule has 0 fully saturated rings. The third kappa shape index (κ3) is 2.53. The lowest BCUT2D eigenvalue weighted by Crippen LogP contribution is -2.08. The van der Waals surface area contributed by atoms with E-state index in [-0.39, 0.29) is 0 Å². The van der Waals surface area contributed by atoms with Gasteiger partial charge in [0.2, 0.25) is 12.1 Å². The number of rotatable bonds is 4. The van der Waals surface area contributed by atoms with Crippen molar-refractivity contribution < 1.29 is 9.85 Å². The molecule has 1 rings (SSSR count). The van der Waals surface area contributed by atoms with Crippen molar-refractivity contribution >= 4 is 0 Å². The van der Waals surface area contributed by atoms with Crippen LogP contribution in [-0.2, 0) is 0 Å². The van der Waals surface area contributed by atoms with Gasteiger partial charge in [-0.3, -0.25) is 20.2 Å². The summed E-state index contributed by atoms with van der Waals surface area (Å²) in [5.74, 6) is 0. The summed E-state index contributed by atoms with van der Waals surface area (Å²) in [6.07, 6.45) is 0. The van der Waals surface area contributed by atoms with Crippen LogP contribution < -0.4 is 0 Å². The summed E-state index contributed by atoms with van der Waals surface area (Å²) in [7, 11) is 0. The van der Waals surface area contributed by atoms with Gasteiger partial charge < -0.3 is 0 Å². The Bertz CT molecular complexity index is 363. The summed E-state index contributed by atoms with van der Waals surface area (Å²) in [6, 6.07) is 4.65. The number of nitro groups is 2. The lowest BCUT2D eigenvalue weighted by molar-refractivity contribution is -0.525. The number of nitrogens with zero attached hydrogens (tertiary/aromatic N) is 2. The molecule has 6 nitrogen and oxygen atoms in total. The van der Waals surface area contributed by atoms with Crippen LogP contribution in [0, 0.1) is 20.2 Å². The van der Waals surface area contributed by atoms with Crippen LogP contribution >= 0.6 is 0 Å². The molecule has 0 bridgehead atoms. The first-order chi connectivity index (χ1) is 7.43. The normalized spacial score (nSPS) is 14.1. The molecule has 0 heterocycles. The molecule has 2 unspecified atom stereocenters. The van der Waals surface area contributed by atoms with E-state index in [1.54, 1.807) is 24.3 Å². The van der Waals surface area contributed by atoms with E-state index < -0.39 is 21.9 Å². The summed E-state index contributed by atoms with van der Waals surface area (Å²) in [5, 5.41) is 21.0. The Balaban J connectivity index is 2.91. The lowest BCUT2D eigenvalue weighted by atomic mass is 10.0. The highest BCUT2D eigenvalue weighted by atomic mass is 16.6. The second-order valence-corrected chi connectivity index (χ2v) is 3.59. The molecule has 86 valence electrons. The minimum atomic E-state index is -0.792. The molecular weight excluding hydrogens is 212 g/mol. The molecular formula is C10H12N2O4. The van der Waals surface area contributed by atoms with Crippen molar-refractivity contribution in [1.82, 2.24) is 0 Å². The molecule has 1 aromatic rings. The molecule has 16 heavy (non-hydrogen) atoms. The molecule has 0 saturated carbocycles. The third-order valence-electron chi connectivity index (χ3n) is 2.53. The van der Waals surface area contributed by atoms with Crippen LogP contribution in [0.5, 0.6) is 0 Å². The summed E-state index contributed by atoms with van der Waals surface area (Å²) in [4.78, 5) is 20.3. The Morgan fingerprint density at radius 1 is 0.875 bits per heavy atom. The van der Waals surface area contributed by atoms with Crippen molar-refractivity contribution in [3.05, 3.63) is 55.6 Å². The Hall–Kier alpha value is -1.98. The minimum absolute atomic E-state index is 0.397. The van der Waals surface area contributed by atoms with E-state index in [1.807, 2.05) is 0 Å². The van der Waals surface area contributed by atoms with Gasteiger partial charge in [-0.25, -0.2) is 0 Å². The van der Waals surface area contributed by atoms with Gasteiger partial charge in [0.25, 0.3) is 0 Å². The molecule has 6 heteroatoms. The Kier molecular flexibility index (Phi) is 3.55. The topological polar surface area (TPSA) is 86.3 Å². The first-order valence-corrected chi connectivity index (χ1v) is 4.80. The second-order valence-electron chi connectivity index (χ2n) is 3.59. The summed E-state index contributed by atoms with van der Waals surface area (Å²) in [5.41, 5.74) is 1.09. The van der Waals surface area contributed by atoms with E-state index in [9.17, 15) is 20.2 Å². The molecule has 1 aromatic carbocycles. The van der Waals surface area contributed by atoms with Gasteiger partial charge in [0.05, 0.1) is 0 Å². The first-order valence-electron chi connectivity index (χ1n) is 4.80. The van der Waals surface area contributed by atoms with Crippen molar-refractivity contribution in [1.29, 1.82) is 0 Å². The quantitative estimate of drug-likeness (QED) is 0.580. The van der Waals surface area contributed by atoms with E-state index in [1.165, 1.54) is 13.8 Å². The molecule has 0 aliphatic carbocycles. The molecule has 0 radical (unpaired) electrons. The molecule has 0 spiro atoms. The lowest BCUT2D eigenvalue weighted by Gasteiger charge is -2.06. The molecule has 0 aromatic heterocycles. The van der Waals surface area contributed by atoms with Crippen LogP contribution in [0.2, 0.25) is 0 Å². The highest BCUT2D eigenvalue weighted by Gasteiger charge is 2.19. The first kappa shape index (κ1) is 12.1. The van der Waals surface area contributed by atoms with Crippen LogP contribution in [0.1, 0.15) is 37.1 Å². The highest BCUT2D eigenvalue weighted by molar-refractivity contribution is 5.25. The van der Waals surface area contributed by atoms with Crippen LogP contribution in [0.25, 0.3) is 0 Å². The maximum absolute atomic E-state index is 10.5. The van der Waals surface area contributed by atoms with Crippen molar-refractivity contribution in [2.45, 2.75) is 25.9 Å². The number of hydrogen-bond acceptors (Lipinski definition) is 4.